The van der Waals surface area contributed by atoms with Gasteiger partial charge in [-0.25, -0.2) is 4.79 Å². The summed E-state index contributed by atoms with van der Waals surface area (Å²) >= 11 is 0. The maximum atomic E-state index is 12.7. The lowest BCUT2D eigenvalue weighted by Gasteiger charge is -2.25. The van der Waals surface area contributed by atoms with Crippen LogP contribution in [-0.2, 0) is 4.57 Å². The largest absolute Gasteiger partial charge is 0.496 e. The third kappa shape index (κ3) is 3.93. The molecule has 0 spiro atoms. The van der Waals surface area contributed by atoms with Gasteiger partial charge in [-0.1, -0.05) is 42.2 Å². The Hall–Kier alpha value is -1.93. The molecule has 0 aliphatic heterocycles. The van der Waals surface area contributed by atoms with Gasteiger partial charge in [-0.2, -0.15) is 0 Å². The van der Waals surface area contributed by atoms with E-state index in [1.54, 1.807) is 18.2 Å². The maximum Gasteiger partial charge on any atom is 0.425 e. The third-order valence-electron chi connectivity index (χ3n) is 4.19. The van der Waals surface area contributed by atoms with E-state index in [2.05, 4.69) is 19.9 Å². The monoisotopic (exact) mass is 347 g/mol. The van der Waals surface area contributed by atoms with E-state index in [0.29, 0.717) is 11.5 Å². The summed E-state index contributed by atoms with van der Waals surface area (Å²) in [5.41, 5.74) is 2.10. The molecule has 1 atom stereocenters. The number of ether oxygens (including phenoxy) is 2. The SMILES string of the molecule is COc1cccc(OC)c1C(=O)[P+](=O)CC1=C(C)CC(C)(C)C=C1. The Morgan fingerprint density at radius 2 is 1.79 bits per heavy atom. The van der Waals surface area contributed by atoms with Crippen molar-refractivity contribution in [3.8, 4) is 11.5 Å². The van der Waals surface area contributed by atoms with Gasteiger partial charge >= 0.3 is 13.3 Å². The van der Waals surface area contributed by atoms with Crippen molar-refractivity contribution in [1.82, 2.24) is 0 Å². The summed E-state index contributed by atoms with van der Waals surface area (Å²) in [7, 11) is 0.867. The summed E-state index contributed by atoms with van der Waals surface area (Å²) in [5.74, 6) is 0.766. The minimum absolute atomic E-state index is 0.106. The van der Waals surface area contributed by atoms with E-state index in [0.717, 1.165) is 12.0 Å². The fraction of sp³-hybridized carbons (Fsp3) is 0.421. The zero-order valence-corrected chi connectivity index (χ0v) is 15.8. The molecular weight excluding hydrogens is 323 g/mol. The first-order valence-corrected chi connectivity index (χ1v) is 9.31. The van der Waals surface area contributed by atoms with E-state index in [1.165, 1.54) is 19.8 Å². The molecule has 1 unspecified atom stereocenters. The molecule has 0 saturated carbocycles. The zero-order valence-electron chi connectivity index (χ0n) is 14.9. The molecule has 2 rings (SSSR count). The second kappa shape index (κ2) is 7.31. The van der Waals surface area contributed by atoms with Gasteiger partial charge in [-0.05, 0) is 36.5 Å². The smallest absolute Gasteiger partial charge is 0.425 e. The Labute approximate surface area is 144 Å². The van der Waals surface area contributed by atoms with Crippen LogP contribution in [0.5, 0.6) is 11.5 Å². The first-order valence-electron chi connectivity index (χ1n) is 7.87. The quantitative estimate of drug-likeness (QED) is 0.682. The predicted octanol–water partition coefficient (Wildman–Crippen LogP) is 4.97. The van der Waals surface area contributed by atoms with E-state index in [-0.39, 0.29) is 17.1 Å². The summed E-state index contributed by atoms with van der Waals surface area (Å²) in [6.07, 6.45) is 5.27. The molecule has 0 amide bonds. The van der Waals surface area contributed by atoms with E-state index in [9.17, 15) is 9.36 Å². The van der Waals surface area contributed by atoms with Crippen molar-refractivity contribution >= 4 is 13.3 Å². The van der Waals surface area contributed by atoms with Gasteiger partial charge in [-0.15, -0.1) is 0 Å². The summed E-state index contributed by atoms with van der Waals surface area (Å²) in [4.78, 5) is 12.7. The normalized spacial score (nSPS) is 16.8. The minimum atomic E-state index is -2.10. The Bertz CT molecular complexity index is 707. The molecule has 0 bridgehead atoms. The molecule has 0 aromatic heterocycles. The van der Waals surface area contributed by atoms with Crippen LogP contribution >= 0.6 is 7.80 Å². The number of carbonyl (C=O) groups excluding carboxylic acids is 1. The number of benzene rings is 1. The van der Waals surface area contributed by atoms with Crippen molar-refractivity contribution in [1.29, 1.82) is 0 Å². The number of methoxy groups -OCH3 is 2. The van der Waals surface area contributed by atoms with Crippen LogP contribution < -0.4 is 9.47 Å². The standard InChI is InChI=1S/C19H24O4P/c1-13-11-19(2,3)10-9-14(13)12-24(21)18(20)17-15(22-4)7-6-8-16(17)23-5/h6-10H,11-12H2,1-5H3/q+1. The number of allylic oxidation sites excluding steroid dienone is 4. The van der Waals surface area contributed by atoms with Gasteiger partial charge in [0.15, 0.2) is 11.7 Å². The Balaban J connectivity index is 2.26. The first kappa shape index (κ1) is 18.4. The van der Waals surface area contributed by atoms with Crippen molar-refractivity contribution < 1.29 is 18.8 Å². The van der Waals surface area contributed by atoms with E-state index in [1.807, 2.05) is 13.0 Å². The van der Waals surface area contributed by atoms with Gasteiger partial charge in [0.1, 0.15) is 11.5 Å². The van der Waals surface area contributed by atoms with Crippen molar-refractivity contribution in [3.05, 3.63) is 47.1 Å². The molecule has 1 aromatic rings. The molecule has 0 heterocycles. The average molecular weight is 347 g/mol. The van der Waals surface area contributed by atoms with Crippen LogP contribution in [0.2, 0.25) is 0 Å². The highest BCUT2D eigenvalue weighted by atomic mass is 31.1. The molecule has 0 N–H and O–H groups in total. The fourth-order valence-electron chi connectivity index (χ4n) is 2.93. The molecule has 1 aromatic carbocycles. The molecule has 128 valence electrons. The van der Waals surface area contributed by atoms with Crippen LogP contribution in [0.15, 0.2) is 41.5 Å². The third-order valence-corrected chi connectivity index (χ3v) is 5.49. The van der Waals surface area contributed by atoms with Gasteiger partial charge in [0.25, 0.3) is 0 Å². The number of hydrogen-bond donors (Lipinski definition) is 0. The number of rotatable bonds is 6. The average Bonchev–Trinajstić information content (AvgIpc) is 2.55. The van der Waals surface area contributed by atoms with Crippen molar-refractivity contribution in [3.63, 3.8) is 0 Å². The van der Waals surface area contributed by atoms with E-state index < -0.39 is 13.3 Å². The van der Waals surface area contributed by atoms with E-state index in [4.69, 9.17) is 9.47 Å². The minimum Gasteiger partial charge on any atom is -0.496 e. The Morgan fingerprint density at radius 1 is 1.21 bits per heavy atom. The lowest BCUT2D eigenvalue weighted by molar-refractivity contribution is 0.107. The summed E-state index contributed by atoms with van der Waals surface area (Å²) in [5, 5.41) is 0. The van der Waals surface area contributed by atoms with Crippen molar-refractivity contribution in [2.24, 2.45) is 5.41 Å². The highest BCUT2D eigenvalue weighted by Gasteiger charge is 2.36. The molecule has 1 aliphatic carbocycles. The maximum absolute atomic E-state index is 12.7. The van der Waals surface area contributed by atoms with Crippen LogP contribution in [0.25, 0.3) is 0 Å². The topological polar surface area (TPSA) is 52.6 Å². The Kier molecular flexibility index (Phi) is 5.61. The van der Waals surface area contributed by atoms with Crippen LogP contribution in [0, 0.1) is 5.41 Å². The molecule has 24 heavy (non-hydrogen) atoms. The molecule has 1 aliphatic rings. The molecule has 0 fully saturated rings. The van der Waals surface area contributed by atoms with Crippen LogP contribution in [0.1, 0.15) is 37.6 Å². The van der Waals surface area contributed by atoms with Gasteiger partial charge in [-0.3, -0.25) is 0 Å². The van der Waals surface area contributed by atoms with Crippen LogP contribution in [0.4, 0.5) is 0 Å². The lowest BCUT2D eigenvalue weighted by atomic mass is 9.80. The van der Waals surface area contributed by atoms with Crippen molar-refractivity contribution in [2.75, 3.05) is 20.4 Å². The van der Waals surface area contributed by atoms with Crippen LogP contribution in [-0.4, -0.2) is 25.9 Å². The second-order valence-electron chi connectivity index (χ2n) is 6.68. The van der Waals surface area contributed by atoms with Gasteiger partial charge < -0.3 is 9.47 Å². The molecular formula is C19H24O4P+. The molecule has 5 heteroatoms. The first-order chi connectivity index (χ1) is 11.3. The lowest BCUT2D eigenvalue weighted by Crippen LogP contribution is -2.13. The second-order valence-corrected chi connectivity index (χ2v) is 8.16. The molecule has 0 saturated heterocycles. The number of hydrogen-bond acceptors (Lipinski definition) is 4. The number of carbonyl (C=O) groups is 1. The predicted molar refractivity (Wildman–Crippen MR) is 96.6 cm³/mol. The zero-order chi connectivity index (χ0) is 17.9. The highest BCUT2D eigenvalue weighted by Crippen LogP contribution is 2.41. The molecule has 4 nitrogen and oxygen atoms in total. The Morgan fingerprint density at radius 3 is 2.29 bits per heavy atom. The van der Waals surface area contributed by atoms with Crippen molar-refractivity contribution in [2.45, 2.75) is 27.2 Å². The fourth-order valence-corrected chi connectivity index (χ4v) is 4.22. The van der Waals surface area contributed by atoms with Gasteiger partial charge in [0, 0.05) is 0 Å². The summed E-state index contributed by atoms with van der Waals surface area (Å²) in [6.45, 7) is 6.36. The van der Waals surface area contributed by atoms with Gasteiger partial charge in [0.2, 0.25) is 0 Å². The summed E-state index contributed by atoms with van der Waals surface area (Å²) < 4.78 is 23.2. The van der Waals surface area contributed by atoms with Crippen LogP contribution in [0.3, 0.4) is 0 Å². The highest BCUT2D eigenvalue weighted by molar-refractivity contribution is 7.64. The summed E-state index contributed by atoms with van der Waals surface area (Å²) in [6, 6.07) is 5.08. The van der Waals surface area contributed by atoms with Gasteiger partial charge in [0.05, 0.1) is 14.2 Å². The molecule has 0 radical (unpaired) electrons. The van der Waals surface area contributed by atoms with E-state index >= 15 is 0 Å².